The first-order chi connectivity index (χ1) is 8.28. The summed E-state index contributed by atoms with van der Waals surface area (Å²) in [5.74, 6) is -0.0968. The van der Waals surface area contributed by atoms with Crippen LogP contribution in [0.25, 0.3) is 0 Å². The average molecular weight is 317 g/mol. The second-order valence-electron chi connectivity index (χ2n) is 4.81. The number of aliphatic hydroxyl groups excluding tert-OH is 1. The van der Waals surface area contributed by atoms with Crippen LogP contribution in [0.5, 0.6) is 5.75 Å². The van der Waals surface area contributed by atoms with E-state index in [1.165, 1.54) is 0 Å². The van der Waals surface area contributed by atoms with Crippen molar-refractivity contribution in [2.24, 2.45) is 0 Å². The molecule has 18 heavy (non-hydrogen) atoms. The van der Waals surface area contributed by atoms with Crippen molar-refractivity contribution < 1.29 is 19.4 Å². The van der Waals surface area contributed by atoms with Gasteiger partial charge in [0.05, 0.1) is 0 Å². The SMILES string of the molecule is CC(C)(C)OC(=O)C(O)COc1ccc(Br)cc1. The van der Waals surface area contributed by atoms with E-state index in [9.17, 15) is 9.90 Å². The largest absolute Gasteiger partial charge is 0.490 e. The summed E-state index contributed by atoms with van der Waals surface area (Å²) in [6, 6.07) is 7.11. The standard InChI is InChI=1S/C13H17BrO4/c1-13(2,3)18-12(16)11(15)8-17-10-6-4-9(14)5-7-10/h4-7,11,15H,8H2,1-3H3. The van der Waals surface area contributed by atoms with E-state index in [0.29, 0.717) is 5.75 Å². The third-order valence-electron chi connectivity index (χ3n) is 1.90. The highest BCUT2D eigenvalue weighted by Crippen LogP contribution is 2.16. The van der Waals surface area contributed by atoms with E-state index in [2.05, 4.69) is 15.9 Å². The van der Waals surface area contributed by atoms with Gasteiger partial charge >= 0.3 is 5.97 Å². The number of ether oxygens (including phenoxy) is 2. The molecule has 5 heteroatoms. The number of esters is 1. The summed E-state index contributed by atoms with van der Waals surface area (Å²) in [5.41, 5.74) is -0.615. The molecule has 0 saturated heterocycles. The van der Waals surface area contributed by atoms with Crippen molar-refractivity contribution in [3.05, 3.63) is 28.7 Å². The molecular formula is C13H17BrO4. The molecule has 0 aliphatic carbocycles. The first-order valence-corrected chi connectivity index (χ1v) is 6.36. The van der Waals surface area contributed by atoms with Crippen molar-refractivity contribution in [1.29, 1.82) is 0 Å². The minimum Gasteiger partial charge on any atom is -0.490 e. The lowest BCUT2D eigenvalue weighted by atomic mass is 10.2. The minimum absolute atomic E-state index is 0.128. The lowest BCUT2D eigenvalue weighted by Gasteiger charge is -2.21. The second-order valence-corrected chi connectivity index (χ2v) is 5.73. The Morgan fingerprint density at radius 1 is 1.33 bits per heavy atom. The van der Waals surface area contributed by atoms with E-state index in [1.807, 2.05) is 12.1 Å². The zero-order valence-corrected chi connectivity index (χ0v) is 12.2. The van der Waals surface area contributed by atoms with Gasteiger partial charge in [-0.2, -0.15) is 0 Å². The van der Waals surface area contributed by atoms with Gasteiger partial charge in [-0.05, 0) is 45.0 Å². The van der Waals surface area contributed by atoms with Gasteiger partial charge in [0, 0.05) is 4.47 Å². The summed E-state index contributed by atoms with van der Waals surface area (Å²) in [4.78, 5) is 11.5. The van der Waals surface area contributed by atoms with Crippen molar-refractivity contribution in [2.75, 3.05) is 6.61 Å². The van der Waals surface area contributed by atoms with Crippen molar-refractivity contribution in [2.45, 2.75) is 32.5 Å². The van der Waals surface area contributed by atoms with Gasteiger partial charge in [0.15, 0.2) is 6.10 Å². The Kier molecular flexibility index (Phi) is 5.16. The second kappa shape index (κ2) is 6.20. The van der Waals surface area contributed by atoms with Crippen LogP contribution in [0.2, 0.25) is 0 Å². The Morgan fingerprint density at radius 2 is 1.89 bits per heavy atom. The van der Waals surface area contributed by atoms with Crippen LogP contribution >= 0.6 is 15.9 Å². The predicted octanol–water partition coefficient (Wildman–Crippen LogP) is 2.53. The molecule has 100 valence electrons. The van der Waals surface area contributed by atoms with Crippen LogP contribution in [0.15, 0.2) is 28.7 Å². The number of benzene rings is 1. The summed E-state index contributed by atoms with van der Waals surface area (Å²) in [5, 5.41) is 9.59. The Bertz CT molecular complexity index is 394. The molecule has 0 aliphatic rings. The van der Waals surface area contributed by atoms with Crippen LogP contribution in [0.1, 0.15) is 20.8 Å². The Labute approximate surface area is 115 Å². The number of aliphatic hydroxyl groups is 1. The molecule has 1 unspecified atom stereocenters. The molecule has 0 amide bonds. The molecule has 4 nitrogen and oxygen atoms in total. The summed E-state index contributed by atoms with van der Waals surface area (Å²) >= 11 is 3.30. The van der Waals surface area contributed by atoms with Gasteiger partial charge in [-0.25, -0.2) is 4.79 Å². The summed E-state index contributed by atoms with van der Waals surface area (Å²) in [6.07, 6.45) is -1.28. The van der Waals surface area contributed by atoms with E-state index in [4.69, 9.17) is 9.47 Å². The fourth-order valence-corrected chi connectivity index (χ4v) is 1.41. The minimum atomic E-state index is -1.28. The smallest absolute Gasteiger partial charge is 0.339 e. The fraction of sp³-hybridized carbons (Fsp3) is 0.462. The predicted molar refractivity (Wildman–Crippen MR) is 71.5 cm³/mol. The first kappa shape index (κ1) is 15.0. The molecule has 0 radical (unpaired) electrons. The highest BCUT2D eigenvalue weighted by atomic mass is 79.9. The van der Waals surface area contributed by atoms with E-state index in [-0.39, 0.29) is 6.61 Å². The van der Waals surface area contributed by atoms with Gasteiger partial charge in [-0.3, -0.25) is 0 Å². The van der Waals surface area contributed by atoms with Crippen molar-refractivity contribution >= 4 is 21.9 Å². The lowest BCUT2D eigenvalue weighted by Crippen LogP contribution is -2.35. The normalized spacial score (nSPS) is 12.9. The number of rotatable bonds is 4. The van der Waals surface area contributed by atoms with E-state index >= 15 is 0 Å². The molecule has 0 aliphatic heterocycles. The third kappa shape index (κ3) is 5.51. The van der Waals surface area contributed by atoms with Crippen LogP contribution in [0, 0.1) is 0 Å². The summed E-state index contributed by atoms with van der Waals surface area (Å²) in [7, 11) is 0. The number of carbonyl (C=O) groups is 1. The Balaban J connectivity index is 2.43. The molecule has 0 bridgehead atoms. The van der Waals surface area contributed by atoms with Gasteiger partial charge in [0.2, 0.25) is 0 Å². The topological polar surface area (TPSA) is 55.8 Å². The van der Waals surface area contributed by atoms with Crippen LogP contribution in [-0.4, -0.2) is 29.4 Å². The summed E-state index contributed by atoms with van der Waals surface area (Å²) < 4.78 is 11.3. The molecule has 0 aromatic heterocycles. The van der Waals surface area contributed by atoms with Gasteiger partial charge in [0.25, 0.3) is 0 Å². The quantitative estimate of drug-likeness (QED) is 0.867. The van der Waals surface area contributed by atoms with Gasteiger partial charge in [0.1, 0.15) is 18.0 Å². The fourth-order valence-electron chi connectivity index (χ4n) is 1.14. The Hall–Kier alpha value is -1.07. The number of halogens is 1. The van der Waals surface area contributed by atoms with E-state index in [0.717, 1.165) is 4.47 Å². The molecule has 1 aromatic carbocycles. The molecular weight excluding hydrogens is 300 g/mol. The van der Waals surface area contributed by atoms with Crippen LogP contribution in [0.4, 0.5) is 0 Å². The van der Waals surface area contributed by atoms with E-state index < -0.39 is 17.7 Å². The molecule has 0 heterocycles. The average Bonchev–Trinajstić information content (AvgIpc) is 2.25. The zero-order chi connectivity index (χ0) is 13.8. The molecule has 0 spiro atoms. The van der Waals surface area contributed by atoms with Crippen molar-refractivity contribution in [3.8, 4) is 5.75 Å². The maximum atomic E-state index is 11.5. The van der Waals surface area contributed by atoms with Crippen LogP contribution < -0.4 is 4.74 Å². The van der Waals surface area contributed by atoms with Crippen LogP contribution in [0.3, 0.4) is 0 Å². The molecule has 1 atom stereocenters. The third-order valence-corrected chi connectivity index (χ3v) is 2.43. The van der Waals surface area contributed by atoms with E-state index in [1.54, 1.807) is 32.9 Å². The lowest BCUT2D eigenvalue weighted by molar-refractivity contribution is -0.166. The molecule has 1 rings (SSSR count). The number of hydrogen-bond donors (Lipinski definition) is 1. The van der Waals surface area contributed by atoms with Gasteiger partial charge in [-0.15, -0.1) is 0 Å². The maximum absolute atomic E-state index is 11.5. The number of carbonyl (C=O) groups excluding carboxylic acids is 1. The summed E-state index contributed by atoms with van der Waals surface area (Å²) in [6.45, 7) is 5.10. The highest BCUT2D eigenvalue weighted by molar-refractivity contribution is 9.10. The van der Waals surface area contributed by atoms with Crippen LogP contribution in [-0.2, 0) is 9.53 Å². The monoisotopic (exact) mass is 316 g/mol. The highest BCUT2D eigenvalue weighted by Gasteiger charge is 2.23. The Morgan fingerprint density at radius 3 is 2.39 bits per heavy atom. The van der Waals surface area contributed by atoms with Crippen molar-refractivity contribution in [3.63, 3.8) is 0 Å². The zero-order valence-electron chi connectivity index (χ0n) is 10.6. The molecule has 1 N–H and O–H groups in total. The first-order valence-electron chi connectivity index (χ1n) is 5.57. The van der Waals surface area contributed by atoms with Crippen molar-refractivity contribution in [1.82, 2.24) is 0 Å². The maximum Gasteiger partial charge on any atom is 0.339 e. The van der Waals surface area contributed by atoms with Gasteiger partial charge < -0.3 is 14.6 Å². The van der Waals surface area contributed by atoms with Gasteiger partial charge in [-0.1, -0.05) is 15.9 Å². The number of hydrogen-bond acceptors (Lipinski definition) is 4. The molecule has 1 aromatic rings. The molecule has 0 saturated carbocycles. The molecule has 0 fully saturated rings.